The lowest BCUT2D eigenvalue weighted by molar-refractivity contribution is -0.178. The number of nitrogens with one attached hydrogen (secondary N) is 1. The maximum Gasteiger partial charge on any atom is 0.338 e. The summed E-state index contributed by atoms with van der Waals surface area (Å²) in [6, 6.07) is 5.99. The minimum atomic E-state index is -1.56. The Kier molecular flexibility index (Phi) is 3.68. The van der Waals surface area contributed by atoms with E-state index in [1.165, 1.54) is 13.2 Å². The van der Waals surface area contributed by atoms with Gasteiger partial charge in [-0.25, -0.2) is 4.79 Å². The molecule has 0 bridgehead atoms. The SMILES string of the molecule is C[C@]1(O)[C@@H](OC(=O)c2ccc(Br)cc2)[C@H]2NC(=O)C3=COC(O)[C@H]1[C@@H]32. The molecule has 4 rings (SSSR count). The van der Waals surface area contributed by atoms with Crippen molar-refractivity contribution in [3.8, 4) is 0 Å². The lowest BCUT2D eigenvalue weighted by Crippen LogP contribution is -2.52. The molecule has 6 atom stereocenters. The number of carbonyl (C=O) groups is 2. The number of aliphatic hydroxyl groups is 2. The van der Waals surface area contributed by atoms with Gasteiger partial charge in [-0.2, -0.15) is 0 Å². The molecule has 3 aliphatic rings. The van der Waals surface area contributed by atoms with Gasteiger partial charge >= 0.3 is 5.97 Å². The van der Waals surface area contributed by atoms with Crippen molar-refractivity contribution in [2.45, 2.75) is 31.0 Å². The molecule has 0 aromatic heterocycles. The Morgan fingerprint density at radius 2 is 2.04 bits per heavy atom. The summed E-state index contributed by atoms with van der Waals surface area (Å²) in [6.07, 6.45) is -1.07. The van der Waals surface area contributed by atoms with Gasteiger partial charge in [0.2, 0.25) is 6.29 Å². The van der Waals surface area contributed by atoms with E-state index in [0.29, 0.717) is 11.1 Å². The van der Waals surface area contributed by atoms with Gasteiger partial charge in [-0.05, 0) is 31.2 Å². The highest BCUT2D eigenvalue weighted by Gasteiger charge is 2.67. The van der Waals surface area contributed by atoms with Crippen LogP contribution in [0.2, 0.25) is 0 Å². The van der Waals surface area contributed by atoms with Crippen LogP contribution < -0.4 is 5.32 Å². The maximum absolute atomic E-state index is 12.5. The zero-order chi connectivity index (χ0) is 17.9. The van der Waals surface area contributed by atoms with E-state index in [2.05, 4.69) is 21.2 Å². The lowest BCUT2D eigenvalue weighted by atomic mass is 9.81. The number of esters is 1. The molecule has 1 aromatic carbocycles. The molecule has 1 unspecified atom stereocenters. The van der Waals surface area contributed by atoms with Crippen molar-refractivity contribution in [1.29, 1.82) is 0 Å². The van der Waals surface area contributed by atoms with Gasteiger partial charge in [0.1, 0.15) is 5.60 Å². The minimum absolute atomic E-state index is 0.325. The Morgan fingerprint density at radius 3 is 2.72 bits per heavy atom. The molecule has 132 valence electrons. The largest absolute Gasteiger partial charge is 0.472 e. The first-order chi connectivity index (χ1) is 11.8. The van der Waals surface area contributed by atoms with Crippen LogP contribution in [0.25, 0.3) is 0 Å². The van der Waals surface area contributed by atoms with Crippen LogP contribution in [0.5, 0.6) is 0 Å². The van der Waals surface area contributed by atoms with Crippen LogP contribution in [-0.2, 0) is 14.3 Å². The van der Waals surface area contributed by atoms with Crippen molar-refractivity contribution in [2.75, 3.05) is 0 Å². The van der Waals surface area contributed by atoms with E-state index in [1.807, 2.05) is 0 Å². The Labute approximate surface area is 151 Å². The van der Waals surface area contributed by atoms with Crippen molar-refractivity contribution >= 4 is 27.8 Å². The second-order valence-corrected chi connectivity index (χ2v) is 7.62. The molecule has 3 N–H and O–H groups in total. The van der Waals surface area contributed by atoms with Crippen LogP contribution in [0.3, 0.4) is 0 Å². The molecule has 0 spiro atoms. The summed E-state index contributed by atoms with van der Waals surface area (Å²) in [5, 5.41) is 23.9. The second kappa shape index (κ2) is 5.55. The van der Waals surface area contributed by atoms with Crippen molar-refractivity contribution in [2.24, 2.45) is 11.8 Å². The fourth-order valence-corrected chi connectivity index (χ4v) is 4.32. The molecule has 8 heteroatoms. The number of carbonyl (C=O) groups excluding carboxylic acids is 2. The molecule has 1 saturated heterocycles. The Morgan fingerprint density at radius 1 is 1.36 bits per heavy atom. The van der Waals surface area contributed by atoms with E-state index in [0.717, 1.165) is 4.47 Å². The average Bonchev–Trinajstić information content (AvgIpc) is 2.98. The van der Waals surface area contributed by atoms with Gasteiger partial charge in [0.05, 0.1) is 29.4 Å². The highest BCUT2D eigenvalue weighted by atomic mass is 79.9. The van der Waals surface area contributed by atoms with E-state index < -0.39 is 41.8 Å². The van der Waals surface area contributed by atoms with Crippen molar-refractivity contribution in [3.05, 3.63) is 46.1 Å². The molecule has 1 saturated carbocycles. The van der Waals surface area contributed by atoms with Crippen molar-refractivity contribution in [3.63, 3.8) is 0 Å². The summed E-state index contributed by atoms with van der Waals surface area (Å²) in [7, 11) is 0. The summed E-state index contributed by atoms with van der Waals surface area (Å²) in [4.78, 5) is 24.6. The van der Waals surface area contributed by atoms with Gasteiger partial charge in [-0.15, -0.1) is 0 Å². The average molecular weight is 410 g/mol. The fraction of sp³-hybridized carbons (Fsp3) is 0.412. The van der Waals surface area contributed by atoms with E-state index in [4.69, 9.17) is 9.47 Å². The molecule has 1 amide bonds. The summed E-state index contributed by atoms with van der Waals surface area (Å²) < 4.78 is 11.5. The molecular formula is C17H16BrNO6. The van der Waals surface area contributed by atoms with Crippen LogP contribution in [0.4, 0.5) is 0 Å². The number of amides is 1. The zero-order valence-corrected chi connectivity index (χ0v) is 14.8. The lowest BCUT2D eigenvalue weighted by Gasteiger charge is -2.36. The van der Waals surface area contributed by atoms with Crippen molar-refractivity contribution in [1.82, 2.24) is 5.32 Å². The molecule has 7 nitrogen and oxygen atoms in total. The number of hydrogen-bond donors (Lipinski definition) is 3. The number of aliphatic hydroxyl groups excluding tert-OH is 1. The monoisotopic (exact) mass is 409 g/mol. The Hall–Kier alpha value is -1.90. The molecular weight excluding hydrogens is 394 g/mol. The molecule has 1 aromatic rings. The summed E-state index contributed by atoms with van der Waals surface area (Å²) >= 11 is 3.29. The predicted octanol–water partition coefficient (Wildman–Crippen LogP) is 0.702. The third-order valence-electron chi connectivity index (χ3n) is 5.23. The van der Waals surface area contributed by atoms with E-state index in [1.54, 1.807) is 24.3 Å². The number of benzene rings is 1. The topological polar surface area (TPSA) is 105 Å². The highest BCUT2D eigenvalue weighted by molar-refractivity contribution is 9.10. The first kappa shape index (κ1) is 16.6. The molecule has 2 heterocycles. The first-order valence-corrected chi connectivity index (χ1v) is 8.63. The van der Waals surface area contributed by atoms with Crippen LogP contribution in [0, 0.1) is 11.8 Å². The normalized spacial score (nSPS) is 38.5. The van der Waals surface area contributed by atoms with Gasteiger partial charge in [-0.1, -0.05) is 15.9 Å². The minimum Gasteiger partial charge on any atom is -0.472 e. The number of rotatable bonds is 2. The third-order valence-corrected chi connectivity index (χ3v) is 5.75. The molecule has 2 fully saturated rings. The van der Waals surface area contributed by atoms with Crippen molar-refractivity contribution < 1.29 is 29.3 Å². The van der Waals surface area contributed by atoms with Gasteiger partial charge in [0, 0.05) is 10.4 Å². The molecule has 0 radical (unpaired) electrons. The predicted molar refractivity (Wildman–Crippen MR) is 88.1 cm³/mol. The number of ether oxygens (including phenoxy) is 2. The van der Waals surface area contributed by atoms with Crippen LogP contribution >= 0.6 is 15.9 Å². The standard InChI is InChI=1S/C17H16BrNO6/c1-17(23)11-10-9(6-24-16(11)22)14(20)19-12(10)13(17)25-15(21)7-2-4-8(18)5-3-7/h2-6,10-13,16,22-23H,1H3,(H,19,20)/t10-,11-,12+,13+,16?,17-/m1/s1. The molecule has 1 aliphatic carbocycles. The van der Waals surface area contributed by atoms with E-state index in [-0.39, 0.29) is 5.91 Å². The Bertz CT molecular complexity index is 774. The maximum atomic E-state index is 12.5. The summed E-state index contributed by atoms with van der Waals surface area (Å²) in [6.45, 7) is 1.48. The molecule has 2 aliphatic heterocycles. The van der Waals surface area contributed by atoms with Gasteiger partial charge in [0.15, 0.2) is 6.10 Å². The van der Waals surface area contributed by atoms with E-state index in [9.17, 15) is 19.8 Å². The van der Waals surface area contributed by atoms with Crippen LogP contribution in [-0.4, -0.2) is 46.1 Å². The summed E-state index contributed by atoms with van der Waals surface area (Å²) in [5.74, 6) is -2.21. The molecule has 25 heavy (non-hydrogen) atoms. The fourth-order valence-electron chi connectivity index (χ4n) is 4.05. The highest BCUT2D eigenvalue weighted by Crippen LogP contribution is 2.52. The summed E-state index contributed by atoms with van der Waals surface area (Å²) in [5.41, 5.74) is -0.888. The van der Waals surface area contributed by atoms with Crippen LogP contribution in [0.1, 0.15) is 17.3 Å². The number of halogens is 1. The number of hydrogen-bond acceptors (Lipinski definition) is 6. The van der Waals surface area contributed by atoms with Gasteiger partial charge < -0.3 is 25.0 Å². The third kappa shape index (κ3) is 2.39. The van der Waals surface area contributed by atoms with E-state index >= 15 is 0 Å². The zero-order valence-electron chi connectivity index (χ0n) is 13.2. The van der Waals surface area contributed by atoms with Gasteiger partial charge in [0.25, 0.3) is 5.91 Å². The quantitative estimate of drug-likeness (QED) is 0.621. The van der Waals surface area contributed by atoms with Crippen LogP contribution in [0.15, 0.2) is 40.6 Å². The second-order valence-electron chi connectivity index (χ2n) is 6.71. The van der Waals surface area contributed by atoms with Gasteiger partial charge in [-0.3, -0.25) is 4.79 Å². The smallest absolute Gasteiger partial charge is 0.338 e. The first-order valence-electron chi connectivity index (χ1n) is 7.84. The Balaban J connectivity index is 1.65.